The van der Waals surface area contributed by atoms with Crippen molar-refractivity contribution in [2.24, 2.45) is 5.92 Å². The van der Waals surface area contributed by atoms with Crippen molar-refractivity contribution in [3.8, 4) is 5.75 Å². The SMILES string of the molecule is CC(C)c1ccc(OCC(=O)N2CCC(Cn3cnc4ccccc43)CC2)cc1. The number of fused-ring (bicyclic) bond motifs is 1. The molecule has 0 bridgehead atoms. The third-order valence-electron chi connectivity index (χ3n) is 5.86. The first kappa shape index (κ1) is 19.5. The highest BCUT2D eigenvalue weighted by atomic mass is 16.5. The maximum absolute atomic E-state index is 12.5. The minimum atomic E-state index is 0.0736. The van der Waals surface area contributed by atoms with Gasteiger partial charge in [-0.2, -0.15) is 0 Å². The standard InChI is InChI=1S/C24H29N3O2/c1-18(2)20-7-9-21(10-8-20)29-16-24(28)26-13-11-19(12-14-26)15-27-17-25-22-5-3-4-6-23(22)27/h3-10,17-19H,11-16H2,1-2H3. The molecule has 1 fully saturated rings. The van der Waals surface area contributed by atoms with E-state index in [4.69, 9.17) is 4.74 Å². The zero-order valence-corrected chi connectivity index (χ0v) is 17.3. The molecule has 0 aliphatic carbocycles. The summed E-state index contributed by atoms with van der Waals surface area (Å²) in [6, 6.07) is 16.3. The zero-order valence-electron chi connectivity index (χ0n) is 17.3. The summed E-state index contributed by atoms with van der Waals surface area (Å²) in [4.78, 5) is 18.9. The lowest BCUT2D eigenvalue weighted by Gasteiger charge is -2.32. The molecule has 1 saturated heterocycles. The molecule has 5 heteroatoms. The molecular weight excluding hydrogens is 362 g/mol. The average Bonchev–Trinajstić information content (AvgIpc) is 3.16. The molecule has 0 spiro atoms. The zero-order chi connectivity index (χ0) is 20.2. The van der Waals surface area contributed by atoms with E-state index in [-0.39, 0.29) is 12.5 Å². The summed E-state index contributed by atoms with van der Waals surface area (Å²) in [6.07, 6.45) is 3.96. The van der Waals surface area contributed by atoms with E-state index >= 15 is 0 Å². The Labute approximate surface area is 172 Å². The lowest BCUT2D eigenvalue weighted by Crippen LogP contribution is -2.41. The van der Waals surface area contributed by atoms with Crippen molar-refractivity contribution in [3.63, 3.8) is 0 Å². The van der Waals surface area contributed by atoms with Gasteiger partial charge in [0.05, 0.1) is 17.4 Å². The van der Waals surface area contributed by atoms with E-state index in [9.17, 15) is 4.79 Å². The summed E-state index contributed by atoms with van der Waals surface area (Å²) in [7, 11) is 0. The molecule has 1 aliphatic heterocycles. The Morgan fingerprint density at radius 1 is 1.10 bits per heavy atom. The molecule has 0 saturated carbocycles. The van der Waals surface area contributed by atoms with Gasteiger partial charge in [-0.3, -0.25) is 4.79 Å². The third-order valence-corrected chi connectivity index (χ3v) is 5.86. The van der Waals surface area contributed by atoms with E-state index < -0.39 is 0 Å². The van der Waals surface area contributed by atoms with Gasteiger partial charge < -0.3 is 14.2 Å². The van der Waals surface area contributed by atoms with E-state index in [1.165, 1.54) is 11.1 Å². The van der Waals surface area contributed by atoms with Crippen molar-refractivity contribution in [1.29, 1.82) is 0 Å². The number of hydrogen-bond donors (Lipinski definition) is 0. The Bertz CT molecular complexity index is 954. The van der Waals surface area contributed by atoms with Crippen LogP contribution in [-0.4, -0.2) is 40.1 Å². The summed E-state index contributed by atoms with van der Waals surface area (Å²) in [5.74, 6) is 1.89. The quantitative estimate of drug-likeness (QED) is 0.623. The van der Waals surface area contributed by atoms with E-state index in [1.54, 1.807) is 0 Å². The Morgan fingerprint density at radius 2 is 1.83 bits per heavy atom. The monoisotopic (exact) mass is 391 g/mol. The molecule has 3 aromatic rings. The fraction of sp³-hybridized carbons (Fsp3) is 0.417. The minimum Gasteiger partial charge on any atom is -0.484 e. The summed E-state index contributed by atoms with van der Waals surface area (Å²) in [5.41, 5.74) is 3.50. The summed E-state index contributed by atoms with van der Waals surface area (Å²) < 4.78 is 7.95. The largest absolute Gasteiger partial charge is 0.484 e. The summed E-state index contributed by atoms with van der Waals surface area (Å²) in [6.45, 7) is 6.99. The number of ether oxygens (including phenoxy) is 1. The van der Waals surface area contributed by atoms with Crippen molar-refractivity contribution in [1.82, 2.24) is 14.5 Å². The van der Waals surface area contributed by atoms with Crippen LogP contribution in [0.5, 0.6) is 5.75 Å². The smallest absolute Gasteiger partial charge is 0.260 e. The fourth-order valence-electron chi connectivity index (χ4n) is 3.98. The molecule has 0 unspecified atom stereocenters. The second kappa shape index (κ2) is 8.68. The highest BCUT2D eigenvalue weighted by molar-refractivity contribution is 5.78. The third kappa shape index (κ3) is 4.61. The molecule has 2 aromatic carbocycles. The molecule has 29 heavy (non-hydrogen) atoms. The van der Waals surface area contributed by atoms with E-state index in [0.717, 1.165) is 43.7 Å². The van der Waals surface area contributed by atoms with Crippen molar-refractivity contribution >= 4 is 16.9 Å². The molecule has 4 rings (SSSR count). The minimum absolute atomic E-state index is 0.0736. The number of nitrogens with zero attached hydrogens (tertiary/aromatic N) is 3. The van der Waals surface area contributed by atoms with Crippen LogP contribution in [0.15, 0.2) is 54.9 Å². The molecular formula is C24H29N3O2. The number of likely N-dealkylation sites (tertiary alicyclic amines) is 1. The molecule has 0 radical (unpaired) electrons. The number of amides is 1. The number of carbonyl (C=O) groups is 1. The predicted octanol–water partition coefficient (Wildman–Crippen LogP) is 4.48. The van der Waals surface area contributed by atoms with Gasteiger partial charge in [0.25, 0.3) is 5.91 Å². The van der Waals surface area contributed by atoms with E-state index in [1.807, 2.05) is 35.5 Å². The van der Waals surface area contributed by atoms with Gasteiger partial charge in [-0.15, -0.1) is 0 Å². The van der Waals surface area contributed by atoms with Gasteiger partial charge in [0.2, 0.25) is 0 Å². The van der Waals surface area contributed by atoms with Crippen molar-refractivity contribution in [2.45, 2.75) is 39.2 Å². The summed E-state index contributed by atoms with van der Waals surface area (Å²) in [5, 5.41) is 0. The van der Waals surface area contributed by atoms with Crippen molar-refractivity contribution in [3.05, 3.63) is 60.4 Å². The van der Waals surface area contributed by atoms with E-state index in [0.29, 0.717) is 11.8 Å². The Balaban J connectivity index is 1.25. The number of benzene rings is 2. The van der Waals surface area contributed by atoms with E-state index in [2.05, 4.69) is 47.7 Å². The topological polar surface area (TPSA) is 47.4 Å². The predicted molar refractivity (Wildman–Crippen MR) is 115 cm³/mol. The number of aromatic nitrogens is 2. The molecule has 152 valence electrons. The molecule has 0 atom stereocenters. The lowest BCUT2D eigenvalue weighted by molar-refractivity contribution is -0.134. The van der Waals surface area contributed by atoms with Crippen LogP contribution < -0.4 is 4.74 Å². The second-order valence-corrected chi connectivity index (χ2v) is 8.22. The van der Waals surface area contributed by atoms with Crippen LogP contribution in [-0.2, 0) is 11.3 Å². The van der Waals surface area contributed by atoms with Crippen molar-refractivity contribution in [2.75, 3.05) is 19.7 Å². The molecule has 0 N–H and O–H groups in total. The number of rotatable bonds is 6. The number of imidazole rings is 1. The number of para-hydroxylation sites is 2. The highest BCUT2D eigenvalue weighted by Gasteiger charge is 2.23. The van der Waals surface area contributed by atoms with Crippen LogP contribution in [0.1, 0.15) is 38.2 Å². The van der Waals surface area contributed by atoms with Gasteiger partial charge >= 0.3 is 0 Å². The second-order valence-electron chi connectivity index (χ2n) is 8.22. The van der Waals surface area contributed by atoms with Gasteiger partial charge in [0.1, 0.15) is 5.75 Å². The summed E-state index contributed by atoms with van der Waals surface area (Å²) >= 11 is 0. The fourth-order valence-corrected chi connectivity index (χ4v) is 3.98. The van der Waals surface area contributed by atoms with Gasteiger partial charge in [0, 0.05) is 19.6 Å². The average molecular weight is 392 g/mol. The maximum atomic E-state index is 12.5. The highest BCUT2D eigenvalue weighted by Crippen LogP contribution is 2.22. The first-order valence-corrected chi connectivity index (χ1v) is 10.5. The molecule has 1 aliphatic rings. The lowest BCUT2D eigenvalue weighted by atomic mass is 9.96. The van der Waals surface area contributed by atoms with Gasteiger partial charge in [-0.05, 0) is 54.5 Å². The van der Waals surface area contributed by atoms with Crippen molar-refractivity contribution < 1.29 is 9.53 Å². The molecule has 5 nitrogen and oxygen atoms in total. The van der Waals surface area contributed by atoms with Crippen LogP contribution in [0.2, 0.25) is 0 Å². The number of hydrogen-bond acceptors (Lipinski definition) is 3. The Kier molecular flexibility index (Phi) is 5.84. The van der Waals surface area contributed by atoms with Crippen LogP contribution in [0.4, 0.5) is 0 Å². The molecule has 1 amide bonds. The van der Waals surface area contributed by atoms with Gasteiger partial charge in [0.15, 0.2) is 6.61 Å². The Morgan fingerprint density at radius 3 is 2.55 bits per heavy atom. The normalized spacial score (nSPS) is 15.2. The number of carbonyl (C=O) groups excluding carboxylic acids is 1. The van der Waals surface area contributed by atoms with Crippen LogP contribution in [0, 0.1) is 5.92 Å². The number of piperidine rings is 1. The van der Waals surface area contributed by atoms with Crippen LogP contribution in [0.3, 0.4) is 0 Å². The van der Waals surface area contributed by atoms with Crippen LogP contribution in [0.25, 0.3) is 11.0 Å². The Hall–Kier alpha value is -2.82. The van der Waals surface area contributed by atoms with Gasteiger partial charge in [-0.25, -0.2) is 4.98 Å². The first-order valence-electron chi connectivity index (χ1n) is 10.5. The van der Waals surface area contributed by atoms with Gasteiger partial charge in [-0.1, -0.05) is 38.1 Å². The first-order chi connectivity index (χ1) is 14.1. The maximum Gasteiger partial charge on any atom is 0.260 e. The molecule has 2 heterocycles. The van der Waals surface area contributed by atoms with Crippen LogP contribution >= 0.6 is 0 Å². The molecule has 1 aromatic heterocycles.